The molecule has 1 N–H and O–H groups in total. The molecular formula is C15H16BrNO4. The second kappa shape index (κ2) is 5.09. The zero-order valence-electron chi connectivity index (χ0n) is 11.4. The molecular weight excluding hydrogens is 338 g/mol. The van der Waals surface area contributed by atoms with Gasteiger partial charge >= 0.3 is 5.97 Å². The van der Waals surface area contributed by atoms with Gasteiger partial charge in [-0.05, 0) is 43.1 Å². The van der Waals surface area contributed by atoms with Gasteiger partial charge in [-0.25, -0.2) is 0 Å². The van der Waals surface area contributed by atoms with E-state index in [1.165, 1.54) is 12.1 Å². The van der Waals surface area contributed by atoms with Crippen molar-refractivity contribution in [2.75, 3.05) is 0 Å². The van der Waals surface area contributed by atoms with E-state index in [0.717, 1.165) is 31.2 Å². The summed E-state index contributed by atoms with van der Waals surface area (Å²) in [7, 11) is 0. The van der Waals surface area contributed by atoms with Crippen LogP contribution in [0.15, 0.2) is 22.7 Å². The molecule has 2 bridgehead atoms. The van der Waals surface area contributed by atoms with Crippen LogP contribution >= 0.6 is 15.9 Å². The van der Waals surface area contributed by atoms with Gasteiger partial charge < -0.3 is 5.11 Å². The molecule has 21 heavy (non-hydrogen) atoms. The van der Waals surface area contributed by atoms with Gasteiger partial charge in [0.15, 0.2) is 0 Å². The van der Waals surface area contributed by atoms with E-state index in [4.69, 9.17) is 0 Å². The van der Waals surface area contributed by atoms with Crippen molar-refractivity contribution in [2.45, 2.75) is 32.1 Å². The molecule has 0 heterocycles. The lowest BCUT2D eigenvalue weighted by Crippen LogP contribution is -2.38. The number of fused-ring (bicyclic) bond motifs is 2. The van der Waals surface area contributed by atoms with Crippen LogP contribution in [-0.2, 0) is 11.2 Å². The van der Waals surface area contributed by atoms with Crippen LogP contribution in [0.2, 0.25) is 0 Å². The third-order valence-electron chi connectivity index (χ3n) is 5.15. The summed E-state index contributed by atoms with van der Waals surface area (Å²) < 4.78 is 0.625. The first-order valence-corrected chi connectivity index (χ1v) is 7.88. The number of benzene rings is 1. The smallest absolute Gasteiger partial charge is 0.310 e. The molecule has 3 rings (SSSR count). The minimum absolute atomic E-state index is 0.0166. The minimum atomic E-state index is -0.722. The number of carboxylic acid groups (broad SMARTS) is 1. The summed E-state index contributed by atoms with van der Waals surface area (Å²) in [4.78, 5) is 22.2. The Labute approximate surface area is 130 Å². The largest absolute Gasteiger partial charge is 0.481 e. The molecule has 0 amide bonds. The van der Waals surface area contributed by atoms with Crippen molar-refractivity contribution in [3.8, 4) is 0 Å². The molecule has 2 aliphatic carbocycles. The van der Waals surface area contributed by atoms with Gasteiger partial charge in [0.1, 0.15) is 0 Å². The second-order valence-electron chi connectivity index (χ2n) is 6.25. The minimum Gasteiger partial charge on any atom is -0.481 e. The van der Waals surface area contributed by atoms with E-state index in [0.29, 0.717) is 16.8 Å². The quantitative estimate of drug-likeness (QED) is 0.659. The number of nitrogens with zero attached hydrogens (tertiary/aromatic N) is 1. The second-order valence-corrected chi connectivity index (χ2v) is 7.11. The lowest BCUT2D eigenvalue weighted by molar-refractivity contribution is -0.384. The number of carbonyl (C=O) groups is 1. The van der Waals surface area contributed by atoms with E-state index in [-0.39, 0.29) is 11.6 Å². The standard InChI is InChI=1S/C15H16BrNO4/c16-13-6-12(17(20)21)4-2-10(13)8-15(14(18)19)7-9-1-3-11(15)5-9/h2,4,6,9,11H,1,3,5,7-8H2,(H,18,19). The van der Waals surface area contributed by atoms with Crippen molar-refractivity contribution in [3.63, 3.8) is 0 Å². The molecule has 1 aromatic rings. The Morgan fingerprint density at radius 2 is 2.24 bits per heavy atom. The maximum atomic E-state index is 11.9. The Hall–Kier alpha value is -1.43. The summed E-state index contributed by atoms with van der Waals surface area (Å²) in [5.74, 6) is 0.0463. The van der Waals surface area contributed by atoms with Crippen molar-refractivity contribution < 1.29 is 14.8 Å². The van der Waals surface area contributed by atoms with E-state index >= 15 is 0 Å². The zero-order valence-corrected chi connectivity index (χ0v) is 13.0. The van der Waals surface area contributed by atoms with Gasteiger partial charge in [-0.2, -0.15) is 0 Å². The number of hydrogen-bond acceptors (Lipinski definition) is 3. The number of non-ortho nitro benzene ring substituents is 1. The maximum absolute atomic E-state index is 11.9. The van der Waals surface area contributed by atoms with Crippen molar-refractivity contribution in [1.29, 1.82) is 0 Å². The number of rotatable bonds is 4. The summed E-state index contributed by atoms with van der Waals surface area (Å²) >= 11 is 3.35. The molecule has 0 radical (unpaired) electrons. The molecule has 0 aromatic heterocycles. The summed E-state index contributed by atoms with van der Waals surface area (Å²) in [5, 5.41) is 20.5. The highest BCUT2D eigenvalue weighted by molar-refractivity contribution is 9.10. The lowest BCUT2D eigenvalue weighted by Gasteiger charge is -2.34. The van der Waals surface area contributed by atoms with Crippen LogP contribution in [0.25, 0.3) is 0 Å². The van der Waals surface area contributed by atoms with Crippen molar-refractivity contribution in [1.82, 2.24) is 0 Å². The van der Waals surface area contributed by atoms with Crippen LogP contribution in [0.4, 0.5) is 5.69 Å². The number of halogens is 1. The topological polar surface area (TPSA) is 80.4 Å². The first kappa shape index (κ1) is 14.5. The van der Waals surface area contributed by atoms with Gasteiger partial charge in [0.25, 0.3) is 5.69 Å². The fraction of sp³-hybridized carbons (Fsp3) is 0.533. The Morgan fingerprint density at radius 3 is 2.71 bits per heavy atom. The molecule has 0 saturated heterocycles. The van der Waals surface area contributed by atoms with E-state index in [9.17, 15) is 20.0 Å². The molecule has 0 aliphatic heterocycles. The summed E-state index contributed by atoms with van der Waals surface area (Å²) in [6.45, 7) is 0. The maximum Gasteiger partial charge on any atom is 0.310 e. The molecule has 112 valence electrons. The first-order valence-electron chi connectivity index (χ1n) is 7.08. The number of aliphatic carboxylic acids is 1. The van der Waals surface area contributed by atoms with Gasteiger partial charge in [0.2, 0.25) is 0 Å². The van der Waals surface area contributed by atoms with E-state index in [2.05, 4.69) is 15.9 Å². The zero-order chi connectivity index (χ0) is 15.2. The number of hydrogen-bond donors (Lipinski definition) is 1. The Morgan fingerprint density at radius 1 is 1.48 bits per heavy atom. The highest BCUT2D eigenvalue weighted by Gasteiger charge is 2.55. The molecule has 3 unspecified atom stereocenters. The van der Waals surface area contributed by atoms with E-state index < -0.39 is 16.3 Å². The molecule has 0 spiro atoms. The molecule has 5 nitrogen and oxygen atoms in total. The SMILES string of the molecule is O=C(O)C1(Cc2ccc([N+](=O)[O-])cc2Br)CC2CCC1C2. The van der Waals surface area contributed by atoms with Crippen LogP contribution in [0, 0.1) is 27.4 Å². The monoisotopic (exact) mass is 353 g/mol. The normalized spacial score (nSPS) is 30.5. The average Bonchev–Trinajstić information content (AvgIpc) is 3.01. The summed E-state index contributed by atoms with van der Waals surface area (Å²) in [6, 6.07) is 4.58. The molecule has 2 fully saturated rings. The van der Waals surface area contributed by atoms with Gasteiger partial charge in [-0.1, -0.05) is 28.4 Å². The van der Waals surface area contributed by atoms with Crippen molar-refractivity contribution >= 4 is 27.6 Å². The predicted molar refractivity (Wildman–Crippen MR) is 80.0 cm³/mol. The van der Waals surface area contributed by atoms with Crippen LogP contribution in [0.3, 0.4) is 0 Å². The van der Waals surface area contributed by atoms with Crippen LogP contribution < -0.4 is 0 Å². The third kappa shape index (κ3) is 2.35. The number of nitro benzene ring substituents is 1. The van der Waals surface area contributed by atoms with Crippen molar-refractivity contribution in [2.24, 2.45) is 17.3 Å². The Bertz CT molecular complexity index is 618. The Balaban J connectivity index is 1.91. The molecule has 2 aliphatic rings. The summed E-state index contributed by atoms with van der Waals surface area (Å²) in [6.07, 6.45) is 4.32. The average molecular weight is 354 g/mol. The van der Waals surface area contributed by atoms with E-state index in [1.807, 2.05) is 0 Å². The first-order chi connectivity index (χ1) is 9.92. The fourth-order valence-corrected chi connectivity index (χ4v) is 4.64. The van der Waals surface area contributed by atoms with Crippen LogP contribution in [0.1, 0.15) is 31.2 Å². The molecule has 3 atom stereocenters. The van der Waals surface area contributed by atoms with E-state index in [1.54, 1.807) is 6.07 Å². The van der Waals surface area contributed by atoms with Crippen LogP contribution in [0.5, 0.6) is 0 Å². The molecule has 1 aromatic carbocycles. The predicted octanol–water partition coefficient (Wildman–Crippen LogP) is 3.79. The van der Waals surface area contributed by atoms with Gasteiger partial charge in [0.05, 0.1) is 10.3 Å². The lowest BCUT2D eigenvalue weighted by atomic mass is 9.69. The van der Waals surface area contributed by atoms with Gasteiger partial charge in [-0.3, -0.25) is 14.9 Å². The molecule has 6 heteroatoms. The number of nitro groups is 1. The van der Waals surface area contributed by atoms with Gasteiger partial charge in [0, 0.05) is 16.6 Å². The van der Waals surface area contributed by atoms with Gasteiger partial charge in [-0.15, -0.1) is 0 Å². The highest BCUT2D eigenvalue weighted by atomic mass is 79.9. The Kier molecular flexibility index (Phi) is 3.51. The fourth-order valence-electron chi connectivity index (χ4n) is 4.13. The summed E-state index contributed by atoms with van der Waals surface area (Å²) in [5.41, 5.74) is 0.167. The third-order valence-corrected chi connectivity index (χ3v) is 5.89. The van der Waals surface area contributed by atoms with Crippen LogP contribution in [-0.4, -0.2) is 16.0 Å². The molecule has 2 saturated carbocycles. The van der Waals surface area contributed by atoms with Crippen molar-refractivity contribution in [3.05, 3.63) is 38.3 Å². The highest BCUT2D eigenvalue weighted by Crippen LogP contribution is 2.57. The number of carboxylic acids is 1.